The maximum absolute atomic E-state index is 12.8. The van der Waals surface area contributed by atoms with E-state index in [2.05, 4.69) is 0 Å². The Hall–Kier alpha value is -2.62. The average Bonchev–Trinajstić information content (AvgIpc) is 3.06. The molecule has 31 heavy (non-hydrogen) atoms. The number of sulfonamides is 1. The number of para-hydroxylation sites is 2. The van der Waals surface area contributed by atoms with Crippen molar-refractivity contribution in [2.45, 2.75) is 31.3 Å². The van der Waals surface area contributed by atoms with Crippen LogP contribution in [0.3, 0.4) is 0 Å². The molecule has 2 aromatic carbocycles. The van der Waals surface area contributed by atoms with Gasteiger partial charge in [-0.15, -0.1) is 0 Å². The van der Waals surface area contributed by atoms with E-state index < -0.39 is 10.0 Å². The molecule has 0 N–H and O–H groups in total. The van der Waals surface area contributed by atoms with Crippen LogP contribution in [0.15, 0.2) is 58.2 Å². The largest absolute Gasteiger partial charge is 0.492 e. The molecule has 4 rings (SSSR count). The molecule has 1 fully saturated rings. The van der Waals surface area contributed by atoms with E-state index in [0.717, 1.165) is 17.5 Å². The average molecular weight is 446 g/mol. The van der Waals surface area contributed by atoms with Gasteiger partial charge in [-0.1, -0.05) is 19.1 Å². The van der Waals surface area contributed by atoms with Gasteiger partial charge in [-0.25, -0.2) is 13.2 Å². The van der Waals surface area contributed by atoms with Gasteiger partial charge in [0.25, 0.3) is 0 Å². The van der Waals surface area contributed by atoms with E-state index in [9.17, 15) is 13.2 Å². The van der Waals surface area contributed by atoms with Crippen LogP contribution in [0.2, 0.25) is 0 Å². The lowest BCUT2D eigenvalue weighted by Crippen LogP contribution is -2.40. The van der Waals surface area contributed by atoms with Crippen molar-refractivity contribution >= 4 is 21.1 Å². The Morgan fingerprint density at radius 3 is 2.16 bits per heavy atom. The van der Waals surface area contributed by atoms with Crippen LogP contribution in [0.4, 0.5) is 0 Å². The number of morpholine rings is 1. The normalized spacial score (nSPS) is 15.4. The van der Waals surface area contributed by atoms with Gasteiger partial charge in [0.05, 0.1) is 35.7 Å². The van der Waals surface area contributed by atoms with Crippen molar-refractivity contribution in [1.29, 1.82) is 0 Å². The standard InChI is InChI=1S/C22H27N3O5S/c1-2-11-24-20-5-3-4-6-21(20)25(22(24)26)14-17-30-18-7-9-19(10-8-18)31(27,28)23-12-15-29-16-13-23/h3-10H,2,11-17H2,1H3. The van der Waals surface area contributed by atoms with E-state index in [1.807, 2.05) is 31.2 Å². The van der Waals surface area contributed by atoms with E-state index >= 15 is 0 Å². The van der Waals surface area contributed by atoms with Crippen LogP contribution >= 0.6 is 0 Å². The summed E-state index contributed by atoms with van der Waals surface area (Å²) < 4.78 is 41.4. The first-order chi connectivity index (χ1) is 15.0. The molecule has 166 valence electrons. The minimum absolute atomic E-state index is 0.0430. The zero-order chi connectivity index (χ0) is 21.8. The van der Waals surface area contributed by atoms with Crippen LogP contribution in [-0.2, 0) is 27.8 Å². The van der Waals surface area contributed by atoms with Crippen molar-refractivity contribution in [2.75, 3.05) is 32.9 Å². The topological polar surface area (TPSA) is 82.8 Å². The summed E-state index contributed by atoms with van der Waals surface area (Å²) in [6.45, 7) is 4.97. The fraction of sp³-hybridized carbons (Fsp3) is 0.409. The van der Waals surface area contributed by atoms with Crippen LogP contribution in [0, 0.1) is 0 Å². The molecule has 2 heterocycles. The van der Waals surface area contributed by atoms with E-state index in [0.29, 0.717) is 51.7 Å². The van der Waals surface area contributed by atoms with E-state index in [1.54, 1.807) is 33.4 Å². The minimum atomic E-state index is -3.53. The predicted octanol–water partition coefficient (Wildman–Crippen LogP) is 2.31. The molecule has 1 saturated heterocycles. The van der Waals surface area contributed by atoms with Gasteiger partial charge >= 0.3 is 5.69 Å². The van der Waals surface area contributed by atoms with Crippen molar-refractivity contribution in [3.8, 4) is 5.75 Å². The van der Waals surface area contributed by atoms with Crippen LogP contribution in [-0.4, -0.2) is 54.8 Å². The van der Waals surface area contributed by atoms with Crippen molar-refractivity contribution in [1.82, 2.24) is 13.4 Å². The first-order valence-corrected chi connectivity index (χ1v) is 11.9. The molecule has 0 bridgehead atoms. The maximum atomic E-state index is 12.8. The van der Waals surface area contributed by atoms with Gasteiger partial charge in [-0.05, 0) is 42.8 Å². The van der Waals surface area contributed by atoms with Gasteiger partial charge in [-0.2, -0.15) is 4.31 Å². The van der Waals surface area contributed by atoms with Gasteiger partial charge < -0.3 is 9.47 Å². The molecule has 3 aromatic rings. The van der Waals surface area contributed by atoms with Crippen molar-refractivity contribution in [3.05, 3.63) is 59.0 Å². The Balaban J connectivity index is 1.44. The highest BCUT2D eigenvalue weighted by molar-refractivity contribution is 7.89. The molecule has 8 nitrogen and oxygen atoms in total. The van der Waals surface area contributed by atoms with Crippen LogP contribution in [0.1, 0.15) is 13.3 Å². The van der Waals surface area contributed by atoms with Crippen LogP contribution < -0.4 is 10.4 Å². The summed E-state index contributed by atoms with van der Waals surface area (Å²) in [6, 6.07) is 14.2. The van der Waals surface area contributed by atoms with E-state index in [4.69, 9.17) is 9.47 Å². The summed E-state index contributed by atoms with van der Waals surface area (Å²) >= 11 is 0. The van der Waals surface area contributed by atoms with Crippen molar-refractivity contribution in [3.63, 3.8) is 0 Å². The number of imidazole rings is 1. The zero-order valence-corrected chi connectivity index (χ0v) is 18.4. The number of benzene rings is 2. The second kappa shape index (κ2) is 9.25. The van der Waals surface area contributed by atoms with Crippen molar-refractivity contribution in [2.24, 2.45) is 0 Å². The Bertz CT molecular complexity index is 1190. The van der Waals surface area contributed by atoms with Crippen LogP contribution in [0.5, 0.6) is 5.75 Å². The van der Waals surface area contributed by atoms with E-state index in [1.165, 1.54) is 4.31 Å². The van der Waals surface area contributed by atoms with Gasteiger partial charge in [0.2, 0.25) is 10.0 Å². The Labute approximate surface area is 181 Å². The smallest absolute Gasteiger partial charge is 0.329 e. The van der Waals surface area contributed by atoms with Gasteiger partial charge in [0.1, 0.15) is 12.4 Å². The third kappa shape index (κ3) is 4.39. The lowest BCUT2D eigenvalue weighted by atomic mass is 10.3. The summed E-state index contributed by atoms with van der Waals surface area (Å²) in [6.07, 6.45) is 0.879. The summed E-state index contributed by atoms with van der Waals surface area (Å²) in [5.41, 5.74) is 1.77. The Morgan fingerprint density at radius 1 is 0.935 bits per heavy atom. The number of ether oxygens (including phenoxy) is 2. The summed E-state index contributed by atoms with van der Waals surface area (Å²) in [4.78, 5) is 13.1. The molecule has 0 unspecified atom stereocenters. The molecule has 0 saturated carbocycles. The minimum Gasteiger partial charge on any atom is -0.492 e. The lowest BCUT2D eigenvalue weighted by Gasteiger charge is -2.26. The van der Waals surface area contributed by atoms with Gasteiger partial charge in [0.15, 0.2) is 0 Å². The summed E-state index contributed by atoms with van der Waals surface area (Å²) in [7, 11) is -3.53. The second-order valence-electron chi connectivity index (χ2n) is 7.41. The molecule has 1 aromatic heterocycles. The predicted molar refractivity (Wildman–Crippen MR) is 118 cm³/mol. The number of hydrogen-bond acceptors (Lipinski definition) is 5. The lowest BCUT2D eigenvalue weighted by molar-refractivity contribution is 0.0730. The molecule has 9 heteroatoms. The molecule has 0 amide bonds. The molecule has 1 aliphatic heterocycles. The van der Waals surface area contributed by atoms with Crippen molar-refractivity contribution < 1.29 is 17.9 Å². The second-order valence-corrected chi connectivity index (χ2v) is 9.35. The fourth-order valence-corrected chi connectivity index (χ4v) is 5.23. The monoisotopic (exact) mass is 445 g/mol. The zero-order valence-electron chi connectivity index (χ0n) is 17.6. The third-order valence-electron chi connectivity index (χ3n) is 5.39. The Kier molecular flexibility index (Phi) is 6.45. The molecule has 0 radical (unpaired) electrons. The third-order valence-corrected chi connectivity index (χ3v) is 7.30. The molecular weight excluding hydrogens is 418 g/mol. The fourth-order valence-electron chi connectivity index (χ4n) is 3.83. The highest BCUT2D eigenvalue weighted by Gasteiger charge is 2.26. The number of fused-ring (bicyclic) bond motifs is 1. The maximum Gasteiger partial charge on any atom is 0.329 e. The molecular formula is C22H27N3O5S. The number of hydrogen-bond donors (Lipinski definition) is 0. The number of aryl methyl sites for hydroxylation is 1. The molecule has 1 aliphatic rings. The molecule has 0 aliphatic carbocycles. The first kappa shape index (κ1) is 21.6. The summed E-state index contributed by atoms with van der Waals surface area (Å²) in [5.74, 6) is 0.561. The number of rotatable bonds is 8. The van der Waals surface area contributed by atoms with Crippen LogP contribution in [0.25, 0.3) is 11.0 Å². The van der Waals surface area contributed by atoms with E-state index in [-0.39, 0.29) is 10.6 Å². The quantitative estimate of drug-likeness (QED) is 0.531. The summed E-state index contributed by atoms with van der Waals surface area (Å²) in [5, 5.41) is 0. The Morgan fingerprint density at radius 2 is 1.55 bits per heavy atom. The SMILES string of the molecule is CCCn1c(=O)n(CCOc2ccc(S(=O)(=O)N3CCOCC3)cc2)c2ccccc21. The molecule has 0 atom stereocenters. The molecule has 0 spiro atoms. The first-order valence-electron chi connectivity index (χ1n) is 10.5. The number of aromatic nitrogens is 2. The van der Waals surface area contributed by atoms with Gasteiger partial charge in [-0.3, -0.25) is 9.13 Å². The number of nitrogens with zero attached hydrogens (tertiary/aromatic N) is 3. The van der Waals surface area contributed by atoms with Gasteiger partial charge in [0, 0.05) is 19.6 Å². The highest BCUT2D eigenvalue weighted by atomic mass is 32.2. The highest BCUT2D eigenvalue weighted by Crippen LogP contribution is 2.21.